The summed E-state index contributed by atoms with van der Waals surface area (Å²) in [4.78, 5) is 26.6. The molecule has 2 aromatic rings. The van der Waals surface area contributed by atoms with Gasteiger partial charge in [0, 0.05) is 13.0 Å². The molecule has 1 heterocycles. The quantitative estimate of drug-likeness (QED) is 0.758. The van der Waals surface area contributed by atoms with Gasteiger partial charge >= 0.3 is 0 Å². The molecule has 2 amide bonds. The number of nitrogens with one attached hydrogen (secondary N) is 1. The maximum Gasteiger partial charge on any atom is 0.259 e. The van der Waals surface area contributed by atoms with Crippen LogP contribution in [0.1, 0.15) is 30.9 Å². The fourth-order valence-electron chi connectivity index (χ4n) is 3.25. The van der Waals surface area contributed by atoms with Crippen LogP contribution in [0.15, 0.2) is 66.7 Å². The van der Waals surface area contributed by atoms with Crippen LogP contribution < -0.4 is 4.72 Å². The molecule has 7 heteroatoms. The molecule has 0 saturated carbocycles. The number of benzene rings is 2. The summed E-state index contributed by atoms with van der Waals surface area (Å²) in [6.45, 7) is 2.03. The third-order valence-corrected chi connectivity index (χ3v) is 6.27. The van der Waals surface area contributed by atoms with Crippen molar-refractivity contribution < 1.29 is 18.0 Å². The Balaban J connectivity index is 1.59. The van der Waals surface area contributed by atoms with Crippen molar-refractivity contribution in [3.8, 4) is 0 Å². The second-order valence-corrected chi connectivity index (χ2v) is 8.98. The zero-order valence-corrected chi connectivity index (χ0v) is 17.1. The molecular weight excluding hydrogens is 388 g/mol. The first-order valence-corrected chi connectivity index (χ1v) is 11.1. The minimum absolute atomic E-state index is 0.147. The van der Waals surface area contributed by atoms with Crippen LogP contribution in [0.2, 0.25) is 0 Å². The number of amides is 2. The summed E-state index contributed by atoms with van der Waals surface area (Å²) in [6.07, 6.45) is 4.17. The first-order valence-electron chi connectivity index (χ1n) is 9.41. The summed E-state index contributed by atoms with van der Waals surface area (Å²) in [5, 5.41) is 0. The van der Waals surface area contributed by atoms with E-state index in [1.165, 1.54) is 4.90 Å². The van der Waals surface area contributed by atoms with Gasteiger partial charge in [-0.3, -0.25) is 14.3 Å². The second-order valence-electron chi connectivity index (χ2n) is 7.26. The molecule has 0 radical (unpaired) electrons. The predicted molar refractivity (Wildman–Crippen MR) is 112 cm³/mol. The molecule has 1 fully saturated rings. The zero-order valence-electron chi connectivity index (χ0n) is 16.2. The van der Waals surface area contributed by atoms with E-state index in [2.05, 4.69) is 4.72 Å². The third-order valence-electron chi connectivity index (χ3n) is 5.06. The molecule has 1 unspecified atom stereocenters. The minimum Gasteiger partial charge on any atom is -0.328 e. The zero-order chi connectivity index (χ0) is 20.9. The summed E-state index contributed by atoms with van der Waals surface area (Å²) in [7, 11) is -3.85. The first kappa shape index (κ1) is 20.8. The van der Waals surface area contributed by atoms with Crippen molar-refractivity contribution in [2.45, 2.75) is 31.1 Å². The van der Waals surface area contributed by atoms with Crippen molar-refractivity contribution in [2.75, 3.05) is 6.54 Å². The molecule has 0 spiro atoms. The number of carbonyl (C=O) groups is 2. The largest absolute Gasteiger partial charge is 0.328 e. The van der Waals surface area contributed by atoms with Crippen LogP contribution >= 0.6 is 0 Å². The molecule has 0 aliphatic carbocycles. The first-order chi connectivity index (χ1) is 13.8. The molecule has 152 valence electrons. The van der Waals surface area contributed by atoms with Crippen molar-refractivity contribution in [3.63, 3.8) is 0 Å². The van der Waals surface area contributed by atoms with Gasteiger partial charge in [-0.25, -0.2) is 8.42 Å². The molecular formula is C22H24N2O4S. The Morgan fingerprint density at radius 1 is 1.07 bits per heavy atom. The van der Waals surface area contributed by atoms with Crippen molar-refractivity contribution in [2.24, 2.45) is 0 Å². The number of carbonyl (C=O) groups excluding carboxylic acids is 2. The highest BCUT2D eigenvalue weighted by molar-refractivity contribution is 7.89. The maximum absolute atomic E-state index is 12.7. The number of rotatable bonds is 7. The lowest BCUT2D eigenvalue weighted by Crippen LogP contribution is -2.67. The average molecular weight is 413 g/mol. The van der Waals surface area contributed by atoms with Gasteiger partial charge in [0.1, 0.15) is 5.54 Å². The van der Waals surface area contributed by atoms with Crippen LogP contribution in [-0.4, -0.2) is 37.2 Å². The molecule has 0 aromatic heterocycles. The molecule has 0 bridgehead atoms. The highest BCUT2D eigenvalue weighted by Crippen LogP contribution is 2.31. The highest BCUT2D eigenvalue weighted by Gasteiger charge is 2.49. The Kier molecular flexibility index (Phi) is 6.17. The smallest absolute Gasteiger partial charge is 0.259 e. The van der Waals surface area contributed by atoms with E-state index in [1.807, 2.05) is 36.4 Å². The van der Waals surface area contributed by atoms with Crippen molar-refractivity contribution in [3.05, 3.63) is 77.9 Å². The SMILES string of the molecule is CC1(C(=O)NS(=O)(=O)Cc2ccccc2)CCN1C(=O)C/C=C/c1ccccc1. The van der Waals surface area contributed by atoms with Gasteiger partial charge in [-0.15, -0.1) is 0 Å². The van der Waals surface area contributed by atoms with Crippen LogP contribution in [0.4, 0.5) is 0 Å². The van der Waals surface area contributed by atoms with Crippen LogP contribution in [0.5, 0.6) is 0 Å². The fraction of sp³-hybridized carbons (Fsp3) is 0.273. The van der Waals surface area contributed by atoms with Crippen LogP contribution in [-0.2, 0) is 25.4 Å². The lowest BCUT2D eigenvalue weighted by atomic mass is 9.85. The van der Waals surface area contributed by atoms with E-state index < -0.39 is 21.5 Å². The number of hydrogen-bond donors (Lipinski definition) is 1. The lowest BCUT2D eigenvalue weighted by Gasteiger charge is -2.48. The topological polar surface area (TPSA) is 83.6 Å². The summed E-state index contributed by atoms with van der Waals surface area (Å²) in [5.41, 5.74) is 0.420. The molecule has 6 nitrogen and oxygen atoms in total. The summed E-state index contributed by atoms with van der Waals surface area (Å²) in [6, 6.07) is 18.2. The normalized spacial score (nSPS) is 19.0. The van der Waals surface area contributed by atoms with Gasteiger partial charge in [0.25, 0.3) is 5.91 Å². The van der Waals surface area contributed by atoms with Crippen LogP contribution in [0.3, 0.4) is 0 Å². The summed E-state index contributed by atoms with van der Waals surface area (Å²) < 4.78 is 26.8. The predicted octanol–water partition coefficient (Wildman–Crippen LogP) is 2.73. The van der Waals surface area contributed by atoms with Crippen LogP contribution in [0.25, 0.3) is 6.08 Å². The monoisotopic (exact) mass is 412 g/mol. The van der Waals surface area contributed by atoms with Gasteiger partial charge in [-0.1, -0.05) is 72.8 Å². The summed E-state index contributed by atoms with van der Waals surface area (Å²) in [5.74, 6) is -1.16. The Morgan fingerprint density at radius 2 is 1.69 bits per heavy atom. The second kappa shape index (κ2) is 8.61. The fourth-order valence-corrected chi connectivity index (χ4v) is 4.45. The van der Waals surface area contributed by atoms with Gasteiger partial charge < -0.3 is 4.90 Å². The van der Waals surface area contributed by atoms with E-state index >= 15 is 0 Å². The number of hydrogen-bond acceptors (Lipinski definition) is 4. The Labute approximate surface area is 171 Å². The third kappa shape index (κ3) is 5.12. The Bertz CT molecular complexity index is 1000. The molecule has 29 heavy (non-hydrogen) atoms. The maximum atomic E-state index is 12.7. The molecule has 1 atom stereocenters. The molecule has 1 aliphatic heterocycles. The molecule has 1 aliphatic rings. The number of sulfonamides is 1. The minimum atomic E-state index is -3.85. The van der Waals surface area contributed by atoms with Gasteiger partial charge in [0.05, 0.1) is 5.75 Å². The molecule has 3 rings (SSSR count). The average Bonchev–Trinajstić information content (AvgIpc) is 2.67. The number of nitrogens with zero attached hydrogens (tertiary/aromatic N) is 1. The standard InChI is InChI=1S/C22H24N2O4S/c1-22(21(26)23-29(27,28)17-19-11-6-3-7-12-19)15-16-24(22)20(25)14-8-13-18-9-4-2-5-10-18/h2-13H,14-17H2,1H3,(H,23,26)/b13-8+. The lowest BCUT2D eigenvalue weighted by molar-refractivity contribution is -0.155. The van der Waals surface area contributed by atoms with Crippen LogP contribution in [0, 0.1) is 0 Å². The van der Waals surface area contributed by atoms with Gasteiger partial charge in [0.2, 0.25) is 15.9 Å². The molecule has 1 N–H and O–H groups in total. The van der Waals surface area contributed by atoms with E-state index in [4.69, 9.17) is 0 Å². The van der Waals surface area contributed by atoms with E-state index in [-0.39, 0.29) is 18.1 Å². The van der Waals surface area contributed by atoms with Gasteiger partial charge in [-0.05, 0) is 24.5 Å². The van der Waals surface area contributed by atoms with E-state index in [1.54, 1.807) is 43.3 Å². The number of likely N-dealkylation sites (tertiary alicyclic amines) is 1. The highest BCUT2D eigenvalue weighted by atomic mass is 32.2. The van der Waals surface area contributed by atoms with E-state index in [9.17, 15) is 18.0 Å². The van der Waals surface area contributed by atoms with E-state index in [0.29, 0.717) is 18.5 Å². The molecule has 2 aromatic carbocycles. The van der Waals surface area contributed by atoms with Crippen molar-refractivity contribution in [1.82, 2.24) is 9.62 Å². The van der Waals surface area contributed by atoms with Gasteiger partial charge in [0.15, 0.2) is 0 Å². The van der Waals surface area contributed by atoms with Crippen molar-refractivity contribution >= 4 is 27.9 Å². The molecule has 1 saturated heterocycles. The summed E-state index contributed by atoms with van der Waals surface area (Å²) >= 11 is 0. The van der Waals surface area contributed by atoms with Gasteiger partial charge in [-0.2, -0.15) is 0 Å². The Hall–Kier alpha value is -2.93. The Morgan fingerprint density at radius 3 is 2.28 bits per heavy atom. The van der Waals surface area contributed by atoms with Crippen molar-refractivity contribution in [1.29, 1.82) is 0 Å². The van der Waals surface area contributed by atoms with E-state index in [0.717, 1.165) is 5.56 Å².